The molecule has 0 unspecified atom stereocenters. The van der Waals surface area contributed by atoms with Gasteiger partial charge in [0.2, 0.25) is 5.91 Å². The molecule has 1 aromatic rings. The summed E-state index contributed by atoms with van der Waals surface area (Å²) in [6.07, 6.45) is 3.19. The van der Waals surface area contributed by atoms with Crippen molar-refractivity contribution in [2.45, 2.75) is 25.8 Å². The molecule has 0 saturated heterocycles. The van der Waals surface area contributed by atoms with Crippen molar-refractivity contribution in [3.63, 3.8) is 0 Å². The first-order valence-electron chi connectivity index (χ1n) is 6.43. The van der Waals surface area contributed by atoms with Gasteiger partial charge in [-0.05, 0) is 43.0 Å². The van der Waals surface area contributed by atoms with E-state index in [0.29, 0.717) is 19.0 Å². The van der Waals surface area contributed by atoms with E-state index in [1.54, 1.807) is 0 Å². The number of hydrogen-bond donors (Lipinski definition) is 2. The van der Waals surface area contributed by atoms with Gasteiger partial charge in [0.05, 0.1) is 0 Å². The number of rotatable bonds is 4. The van der Waals surface area contributed by atoms with Crippen LogP contribution in [0, 0.1) is 11.8 Å². The average molecular weight is 311 g/mol. The minimum absolute atomic E-state index is 0.116. The van der Waals surface area contributed by atoms with Crippen molar-refractivity contribution < 1.29 is 4.79 Å². The Hall–Kier alpha value is -0.870. The van der Waals surface area contributed by atoms with Crippen LogP contribution in [-0.4, -0.2) is 12.5 Å². The lowest BCUT2D eigenvalue weighted by molar-refractivity contribution is -0.126. The molecule has 0 bridgehead atoms. The molecular weight excluding hydrogens is 292 g/mol. The smallest absolute Gasteiger partial charge is 0.223 e. The van der Waals surface area contributed by atoms with Gasteiger partial charge < -0.3 is 11.1 Å². The van der Waals surface area contributed by atoms with Gasteiger partial charge in [0.15, 0.2) is 0 Å². The molecule has 2 atom stereocenters. The number of nitrogens with one attached hydrogen (secondary N) is 1. The number of hydrogen-bond acceptors (Lipinski definition) is 2. The van der Waals surface area contributed by atoms with Gasteiger partial charge in [-0.3, -0.25) is 4.79 Å². The summed E-state index contributed by atoms with van der Waals surface area (Å²) < 4.78 is 1.05. The molecule has 3 nitrogen and oxygen atoms in total. The van der Waals surface area contributed by atoms with Crippen molar-refractivity contribution in [2.24, 2.45) is 17.6 Å². The molecule has 1 amide bonds. The van der Waals surface area contributed by atoms with Crippen molar-refractivity contribution in [3.05, 3.63) is 34.3 Å². The fourth-order valence-corrected chi connectivity index (χ4v) is 2.85. The van der Waals surface area contributed by atoms with Crippen molar-refractivity contribution in [1.29, 1.82) is 0 Å². The summed E-state index contributed by atoms with van der Waals surface area (Å²) in [5.41, 5.74) is 6.82. The maximum Gasteiger partial charge on any atom is 0.223 e. The van der Waals surface area contributed by atoms with Gasteiger partial charge in [0, 0.05) is 16.9 Å². The van der Waals surface area contributed by atoms with Crippen LogP contribution in [-0.2, 0) is 11.3 Å². The molecule has 1 fully saturated rings. The summed E-state index contributed by atoms with van der Waals surface area (Å²) in [4.78, 5) is 12.1. The molecule has 0 heterocycles. The van der Waals surface area contributed by atoms with Crippen LogP contribution >= 0.6 is 15.9 Å². The van der Waals surface area contributed by atoms with Gasteiger partial charge in [-0.1, -0.05) is 34.5 Å². The zero-order valence-electron chi connectivity index (χ0n) is 10.4. The monoisotopic (exact) mass is 310 g/mol. The maximum atomic E-state index is 12.1. The predicted octanol–water partition coefficient (Wildman–Crippen LogP) is 2.44. The molecule has 98 valence electrons. The fraction of sp³-hybridized carbons (Fsp3) is 0.500. The van der Waals surface area contributed by atoms with E-state index < -0.39 is 0 Å². The normalized spacial score (nSPS) is 23.0. The third-order valence-electron chi connectivity index (χ3n) is 3.68. The van der Waals surface area contributed by atoms with Gasteiger partial charge in [0.25, 0.3) is 0 Å². The first-order chi connectivity index (χ1) is 8.70. The SMILES string of the molecule is NC[C@H]1CCC[C@H]1C(=O)NCc1ccc(Br)cc1. The van der Waals surface area contributed by atoms with Crippen molar-refractivity contribution in [3.8, 4) is 0 Å². The Balaban J connectivity index is 1.86. The second kappa shape index (κ2) is 6.34. The van der Waals surface area contributed by atoms with Gasteiger partial charge in [0.1, 0.15) is 0 Å². The first kappa shape index (κ1) is 13.6. The number of carbonyl (C=O) groups is 1. The largest absolute Gasteiger partial charge is 0.352 e. The molecule has 0 radical (unpaired) electrons. The zero-order valence-corrected chi connectivity index (χ0v) is 11.9. The van der Waals surface area contributed by atoms with Crippen molar-refractivity contribution in [2.75, 3.05) is 6.54 Å². The average Bonchev–Trinajstić information content (AvgIpc) is 2.86. The number of amides is 1. The van der Waals surface area contributed by atoms with Gasteiger partial charge in [-0.2, -0.15) is 0 Å². The van der Waals surface area contributed by atoms with E-state index in [9.17, 15) is 4.79 Å². The second-order valence-electron chi connectivity index (χ2n) is 4.88. The van der Waals surface area contributed by atoms with Crippen LogP contribution < -0.4 is 11.1 Å². The lowest BCUT2D eigenvalue weighted by Crippen LogP contribution is -2.34. The molecule has 1 aliphatic rings. The summed E-state index contributed by atoms with van der Waals surface area (Å²) in [6, 6.07) is 8.00. The highest BCUT2D eigenvalue weighted by molar-refractivity contribution is 9.10. The van der Waals surface area contributed by atoms with Crippen LogP contribution in [0.5, 0.6) is 0 Å². The Bertz CT molecular complexity index is 405. The van der Waals surface area contributed by atoms with Crippen LogP contribution in [0.3, 0.4) is 0 Å². The highest BCUT2D eigenvalue weighted by Gasteiger charge is 2.31. The molecule has 3 N–H and O–H groups in total. The van der Waals surface area contributed by atoms with Crippen molar-refractivity contribution in [1.82, 2.24) is 5.32 Å². The third-order valence-corrected chi connectivity index (χ3v) is 4.21. The highest BCUT2D eigenvalue weighted by atomic mass is 79.9. The summed E-state index contributed by atoms with van der Waals surface area (Å²) in [7, 11) is 0. The number of carbonyl (C=O) groups excluding carboxylic acids is 1. The summed E-state index contributed by atoms with van der Waals surface area (Å²) in [6.45, 7) is 1.22. The van der Waals surface area contributed by atoms with E-state index in [2.05, 4.69) is 21.2 Å². The lowest BCUT2D eigenvalue weighted by atomic mass is 9.95. The van der Waals surface area contributed by atoms with E-state index >= 15 is 0 Å². The summed E-state index contributed by atoms with van der Waals surface area (Å²) in [5, 5.41) is 3.01. The molecule has 1 aliphatic carbocycles. The van der Waals surface area contributed by atoms with Gasteiger partial charge in [-0.25, -0.2) is 0 Å². The molecule has 0 spiro atoms. The quantitative estimate of drug-likeness (QED) is 0.897. The van der Waals surface area contributed by atoms with Crippen LogP contribution in [0.2, 0.25) is 0 Å². The standard InChI is InChI=1S/C14H19BrN2O/c15-12-6-4-10(5-7-12)9-17-14(18)13-3-1-2-11(13)8-16/h4-7,11,13H,1-3,8-9,16H2,(H,17,18)/t11-,13-/m1/s1. The number of nitrogens with two attached hydrogens (primary N) is 1. The molecule has 4 heteroatoms. The minimum atomic E-state index is 0.116. The molecule has 0 aromatic heterocycles. The summed E-state index contributed by atoms with van der Waals surface area (Å²) in [5.74, 6) is 0.645. The highest BCUT2D eigenvalue weighted by Crippen LogP contribution is 2.30. The van der Waals surface area contributed by atoms with E-state index in [4.69, 9.17) is 5.73 Å². The molecule has 2 rings (SSSR count). The van der Waals surface area contributed by atoms with Gasteiger partial charge in [-0.15, -0.1) is 0 Å². The molecule has 1 saturated carbocycles. The fourth-order valence-electron chi connectivity index (χ4n) is 2.59. The second-order valence-corrected chi connectivity index (χ2v) is 5.79. The van der Waals surface area contributed by atoms with E-state index in [1.165, 1.54) is 0 Å². The number of benzene rings is 1. The maximum absolute atomic E-state index is 12.1. The topological polar surface area (TPSA) is 55.1 Å². The molecular formula is C14H19BrN2O. The Labute approximate surface area is 116 Å². The van der Waals surface area contributed by atoms with Gasteiger partial charge >= 0.3 is 0 Å². The summed E-state index contributed by atoms with van der Waals surface area (Å²) >= 11 is 3.40. The Morgan fingerprint density at radius 2 is 2.06 bits per heavy atom. The van der Waals surface area contributed by atoms with E-state index in [0.717, 1.165) is 29.3 Å². The van der Waals surface area contributed by atoms with E-state index in [-0.39, 0.29) is 11.8 Å². The van der Waals surface area contributed by atoms with Crippen LogP contribution in [0.15, 0.2) is 28.7 Å². The molecule has 1 aromatic carbocycles. The Morgan fingerprint density at radius 1 is 1.33 bits per heavy atom. The molecule has 18 heavy (non-hydrogen) atoms. The Kier molecular flexibility index (Phi) is 4.78. The first-order valence-corrected chi connectivity index (χ1v) is 7.22. The zero-order chi connectivity index (χ0) is 13.0. The third kappa shape index (κ3) is 3.33. The van der Waals surface area contributed by atoms with E-state index in [1.807, 2.05) is 24.3 Å². The van der Waals surface area contributed by atoms with Crippen LogP contribution in [0.25, 0.3) is 0 Å². The predicted molar refractivity (Wildman–Crippen MR) is 75.9 cm³/mol. The van der Waals surface area contributed by atoms with Crippen LogP contribution in [0.1, 0.15) is 24.8 Å². The molecule has 0 aliphatic heterocycles. The Morgan fingerprint density at radius 3 is 2.72 bits per heavy atom. The minimum Gasteiger partial charge on any atom is -0.352 e. The number of halogens is 1. The van der Waals surface area contributed by atoms with Crippen LogP contribution in [0.4, 0.5) is 0 Å². The van der Waals surface area contributed by atoms with Crippen molar-refractivity contribution >= 4 is 21.8 Å². The lowest BCUT2D eigenvalue weighted by Gasteiger charge is -2.17.